The van der Waals surface area contributed by atoms with Crippen LogP contribution in [-0.2, 0) is 4.79 Å². The van der Waals surface area contributed by atoms with Crippen LogP contribution in [0.3, 0.4) is 0 Å². The van der Waals surface area contributed by atoms with E-state index in [0.29, 0.717) is 17.0 Å². The van der Waals surface area contributed by atoms with Crippen molar-refractivity contribution in [2.75, 3.05) is 6.61 Å². The van der Waals surface area contributed by atoms with Crippen molar-refractivity contribution in [3.05, 3.63) is 59.9 Å². The predicted octanol–water partition coefficient (Wildman–Crippen LogP) is 1.87. The maximum atomic E-state index is 11.7. The lowest BCUT2D eigenvalue weighted by Crippen LogP contribution is -2.25. The average Bonchev–Trinajstić information content (AvgIpc) is 2.58. The first-order valence-electron chi connectivity index (χ1n) is 6.56. The molecule has 0 saturated carbocycles. The quantitative estimate of drug-likeness (QED) is 0.673. The van der Waals surface area contributed by atoms with E-state index in [1.54, 1.807) is 49.6 Å². The molecule has 6 nitrogen and oxygen atoms in total. The molecular formula is C16H14N4O2. The third kappa shape index (κ3) is 4.15. The zero-order valence-corrected chi connectivity index (χ0v) is 12.0. The van der Waals surface area contributed by atoms with Crippen LogP contribution in [0.25, 0.3) is 0 Å². The topological polar surface area (TPSA) is 87.4 Å². The van der Waals surface area contributed by atoms with Crippen molar-refractivity contribution in [3.8, 4) is 11.8 Å². The zero-order chi connectivity index (χ0) is 15.8. The van der Waals surface area contributed by atoms with Gasteiger partial charge >= 0.3 is 0 Å². The van der Waals surface area contributed by atoms with E-state index >= 15 is 0 Å². The van der Waals surface area contributed by atoms with Crippen LogP contribution in [0.2, 0.25) is 0 Å². The number of hydrazone groups is 1. The van der Waals surface area contributed by atoms with Gasteiger partial charge in [-0.1, -0.05) is 18.2 Å². The third-order valence-corrected chi connectivity index (χ3v) is 2.79. The van der Waals surface area contributed by atoms with Gasteiger partial charge in [-0.3, -0.25) is 9.78 Å². The highest BCUT2D eigenvalue weighted by Crippen LogP contribution is 2.16. The summed E-state index contributed by atoms with van der Waals surface area (Å²) in [6.45, 7) is 1.55. The van der Waals surface area contributed by atoms with E-state index in [1.807, 2.05) is 12.1 Å². The Morgan fingerprint density at radius 1 is 1.36 bits per heavy atom. The molecule has 1 amide bonds. The number of carbonyl (C=O) groups is 1. The van der Waals surface area contributed by atoms with Crippen LogP contribution in [0, 0.1) is 11.3 Å². The van der Waals surface area contributed by atoms with Gasteiger partial charge in [0.15, 0.2) is 6.61 Å². The number of aromatic nitrogens is 1. The second-order valence-electron chi connectivity index (χ2n) is 4.37. The van der Waals surface area contributed by atoms with Crippen molar-refractivity contribution in [2.24, 2.45) is 5.10 Å². The number of pyridine rings is 1. The Morgan fingerprint density at radius 2 is 2.18 bits per heavy atom. The van der Waals surface area contributed by atoms with Gasteiger partial charge in [0.2, 0.25) is 0 Å². The van der Waals surface area contributed by atoms with Crippen molar-refractivity contribution in [3.63, 3.8) is 0 Å². The predicted molar refractivity (Wildman–Crippen MR) is 81.2 cm³/mol. The van der Waals surface area contributed by atoms with Gasteiger partial charge < -0.3 is 4.74 Å². The first-order chi connectivity index (χ1) is 10.7. The molecule has 0 aliphatic carbocycles. The van der Waals surface area contributed by atoms with Gasteiger partial charge in [0.25, 0.3) is 5.91 Å². The molecule has 0 saturated heterocycles. The monoisotopic (exact) mass is 294 g/mol. The molecule has 0 bridgehead atoms. The second kappa shape index (κ2) is 7.55. The van der Waals surface area contributed by atoms with Crippen LogP contribution in [0.15, 0.2) is 53.9 Å². The Morgan fingerprint density at radius 3 is 2.91 bits per heavy atom. The molecule has 0 unspecified atom stereocenters. The number of para-hydroxylation sites is 1. The van der Waals surface area contributed by atoms with Gasteiger partial charge in [-0.15, -0.1) is 0 Å². The molecule has 0 spiro atoms. The number of nitrogens with one attached hydrogen (secondary N) is 1. The Labute approximate surface area is 128 Å². The molecule has 0 fully saturated rings. The second-order valence-corrected chi connectivity index (χ2v) is 4.37. The summed E-state index contributed by atoms with van der Waals surface area (Å²) in [5, 5.41) is 12.9. The fourth-order valence-corrected chi connectivity index (χ4v) is 1.65. The fraction of sp³-hybridized carbons (Fsp3) is 0.125. The summed E-state index contributed by atoms with van der Waals surface area (Å²) in [4.78, 5) is 15.7. The van der Waals surface area contributed by atoms with Crippen LogP contribution in [0.4, 0.5) is 0 Å². The minimum Gasteiger partial charge on any atom is -0.482 e. The lowest BCUT2D eigenvalue weighted by Gasteiger charge is -2.06. The van der Waals surface area contributed by atoms with E-state index in [-0.39, 0.29) is 6.61 Å². The van der Waals surface area contributed by atoms with Crippen LogP contribution < -0.4 is 10.2 Å². The Hall–Kier alpha value is -3.20. The van der Waals surface area contributed by atoms with Gasteiger partial charge in [-0.05, 0) is 25.1 Å². The zero-order valence-electron chi connectivity index (χ0n) is 12.0. The molecule has 2 rings (SSSR count). The smallest absolute Gasteiger partial charge is 0.277 e. The van der Waals surface area contributed by atoms with Gasteiger partial charge in [0, 0.05) is 18.0 Å². The summed E-state index contributed by atoms with van der Waals surface area (Å²) >= 11 is 0. The van der Waals surface area contributed by atoms with E-state index in [9.17, 15) is 4.79 Å². The molecule has 0 radical (unpaired) electrons. The third-order valence-electron chi connectivity index (χ3n) is 2.79. The number of amides is 1. The number of hydrogen-bond donors (Lipinski definition) is 1. The van der Waals surface area contributed by atoms with Crippen molar-refractivity contribution >= 4 is 11.6 Å². The Balaban J connectivity index is 1.90. The molecular weight excluding hydrogens is 280 g/mol. The van der Waals surface area contributed by atoms with E-state index < -0.39 is 5.91 Å². The van der Waals surface area contributed by atoms with Crippen molar-refractivity contribution in [2.45, 2.75) is 6.92 Å². The molecule has 6 heteroatoms. The van der Waals surface area contributed by atoms with E-state index in [4.69, 9.17) is 10.00 Å². The molecule has 0 atom stereocenters. The first-order valence-corrected chi connectivity index (χ1v) is 6.56. The molecule has 1 N–H and O–H groups in total. The van der Waals surface area contributed by atoms with Gasteiger partial charge in [-0.25, -0.2) is 5.43 Å². The summed E-state index contributed by atoms with van der Waals surface area (Å²) < 4.78 is 5.31. The summed E-state index contributed by atoms with van der Waals surface area (Å²) in [6.07, 6.45) is 3.32. The van der Waals surface area contributed by atoms with Crippen molar-refractivity contribution in [1.29, 1.82) is 5.26 Å². The highest BCUT2D eigenvalue weighted by Gasteiger charge is 2.06. The van der Waals surface area contributed by atoms with Crippen molar-refractivity contribution in [1.82, 2.24) is 10.4 Å². The molecule has 0 aliphatic heterocycles. The normalized spacial score (nSPS) is 10.6. The number of rotatable bonds is 5. The van der Waals surface area contributed by atoms with E-state index in [0.717, 1.165) is 5.56 Å². The first kappa shape index (κ1) is 15.2. The summed E-state index contributed by atoms with van der Waals surface area (Å²) in [6, 6.07) is 12.4. The fourth-order valence-electron chi connectivity index (χ4n) is 1.65. The minimum atomic E-state index is -0.406. The van der Waals surface area contributed by atoms with E-state index in [2.05, 4.69) is 15.5 Å². The average molecular weight is 294 g/mol. The number of nitriles is 1. The molecule has 1 heterocycles. The van der Waals surface area contributed by atoms with Crippen molar-refractivity contribution < 1.29 is 9.53 Å². The number of hydrogen-bond acceptors (Lipinski definition) is 5. The largest absolute Gasteiger partial charge is 0.482 e. The molecule has 2 aromatic rings. The summed E-state index contributed by atoms with van der Waals surface area (Å²) in [7, 11) is 0. The SMILES string of the molecule is C/C(=N\NC(=O)COc1ccccc1C#N)c1cccnc1. The lowest BCUT2D eigenvalue weighted by atomic mass is 10.2. The Kier molecular flexibility index (Phi) is 5.21. The van der Waals surface area contributed by atoms with Crippen LogP contribution in [0.1, 0.15) is 18.1 Å². The van der Waals surface area contributed by atoms with Gasteiger partial charge in [-0.2, -0.15) is 10.4 Å². The van der Waals surface area contributed by atoms with Gasteiger partial charge in [0.05, 0.1) is 11.3 Å². The molecule has 110 valence electrons. The van der Waals surface area contributed by atoms with E-state index in [1.165, 1.54) is 0 Å². The standard InChI is InChI=1S/C16H14N4O2/c1-12(14-6-4-8-18-10-14)19-20-16(21)11-22-15-7-3-2-5-13(15)9-17/h2-8,10H,11H2,1H3,(H,20,21)/b19-12+. The molecule has 0 aliphatic rings. The molecule has 1 aromatic carbocycles. The maximum Gasteiger partial charge on any atom is 0.277 e. The summed E-state index contributed by atoms with van der Waals surface area (Å²) in [5.74, 6) is -0.0379. The number of carbonyl (C=O) groups excluding carboxylic acids is 1. The van der Waals surface area contributed by atoms with Crippen LogP contribution >= 0.6 is 0 Å². The summed E-state index contributed by atoms with van der Waals surface area (Å²) in [5.41, 5.74) is 4.24. The van der Waals surface area contributed by atoms with Crippen LogP contribution in [0.5, 0.6) is 5.75 Å². The number of ether oxygens (including phenoxy) is 1. The maximum absolute atomic E-state index is 11.7. The highest BCUT2D eigenvalue weighted by atomic mass is 16.5. The minimum absolute atomic E-state index is 0.220. The number of benzene rings is 1. The highest BCUT2D eigenvalue weighted by molar-refractivity contribution is 5.98. The van der Waals surface area contributed by atoms with Gasteiger partial charge in [0.1, 0.15) is 11.8 Å². The lowest BCUT2D eigenvalue weighted by molar-refractivity contribution is -0.123. The molecule has 1 aromatic heterocycles. The Bertz CT molecular complexity index is 720. The number of nitrogens with zero attached hydrogens (tertiary/aromatic N) is 3. The van der Waals surface area contributed by atoms with Crippen LogP contribution in [-0.4, -0.2) is 23.2 Å². The molecule has 22 heavy (non-hydrogen) atoms.